The van der Waals surface area contributed by atoms with E-state index in [0.717, 1.165) is 37.3 Å². The van der Waals surface area contributed by atoms with E-state index in [1.54, 1.807) is 34.9 Å². The van der Waals surface area contributed by atoms with E-state index in [-0.39, 0.29) is 23.0 Å². The summed E-state index contributed by atoms with van der Waals surface area (Å²) in [6.45, 7) is 3.05. The molecule has 0 unspecified atom stereocenters. The third-order valence-electron chi connectivity index (χ3n) is 6.50. The van der Waals surface area contributed by atoms with Gasteiger partial charge in [-0.15, -0.1) is 0 Å². The zero-order valence-corrected chi connectivity index (χ0v) is 18.5. The fourth-order valence-electron chi connectivity index (χ4n) is 5.07. The highest BCUT2D eigenvalue weighted by Gasteiger charge is 2.35. The number of amides is 2. The minimum absolute atomic E-state index is 0.208. The van der Waals surface area contributed by atoms with Crippen LogP contribution >= 0.6 is 0 Å². The zero-order chi connectivity index (χ0) is 23.7. The first-order valence-electron chi connectivity index (χ1n) is 11.3. The average Bonchev–Trinajstić information content (AvgIpc) is 2.83. The molecule has 2 amide bonds. The number of nitriles is 1. The molecule has 3 heterocycles. The Balaban J connectivity index is 1.29. The molecule has 7 nitrogen and oxygen atoms in total. The van der Waals surface area contributed by atoms with Crippen LogP contribution in [0.4, 0.5) is 20.6 Å². The summed E-state index contributed by atoms with van der Waals surface area (Å²) in [6, 6.07) is 18.3. The Labute approximate surface area is 196 Å². The number of fused-ring (bicyclic) bond motifs is 4. The molecular formula is C26H24FN5O2. The number of urea groups is 1. The predicted octanol–water partition coefficient (Wildman–Crippen LogP) is 4.12. The second-order valence-electron chi connectivity index (χ2n) is 8.98. The molecule has 2 bridgehead atoms. The summed E-state index contributed by atoms with van der Waals surface area (Å²) in [5.41, 5.74) is 2.99. The molecule has 3 aromatic rings. The van der Waals surface area contributed by atoms with Crippen molar-refractivity contribution in [2.24, 2.45) is 5.92 Å². The molecule has 172 valence electrons. The van der Waals surface area contributed by atoms with Gasteiger partial charge in [0.2, 0.25) is 0 Å². The third-order valence-corrected chi connectivity index (χ3v) is 6.50. The third kappa shape index (κ3) is 4.56. The van der Waals surface area contributed by atoms with Gasteiger partial charge in [0, 0.05) is 43.5 Å². The van der Waals surface area contributed by atoms with E-state index in [1.165, 1.54) is 12.1 Å². The van der Waals surface area contributed by atoms with Crippen LogP contribution in [0.15, 0.2) is 65.5 Å². The molecule has 2 aromatic carbocycles. The van der Waals surface area contributed by atoms with E-state index in [9.17, 15) is 14.0 Å². The number of rotatable bonds is 4. The first kappa shape index (κ1) is 21.9. The second-order valence-corrected chi connectivity index (χ2v) is 8.98. The van der Waals surface area contributed by atoms with E-state index < -0.39 is 6.03 Å². The number of aromatic nitrogens is 1. The van der Waals surface area contributed by atoms with Crippen LogP contribution < -0.4 is 16.2 Å². The maximum absolute atomic E-state index is 13.2. The fourth-order valence-corrected chi connectivity index (χ4v) is 5.07. The van der Waals surface area contributed by atoms with Gasteiger partial charge in [-0.3, -0.25) is 9.69 Å². The number of benzene rings is 2. The summed E-state index contributed by atoms with van der Waals surface area (Å²) in [7, 11) is 0. The van der Waals surface area contributed by atoms with E-state index in [2.05, 4.69) is 15.5 Å². The van der Waals surface area contributed by atoms with Crippen molar-refractivity contribution in [1.82, 2.24) is 9.47 Å². The highest BCUT2D eigenvalue weighted by atomic mass is 19.1. The Morgan fingerprint density at radius 1 is 1.06 bits per heavy atom. The maximum atomic E-state index is 13.2. The zero-order valence-electron chi connectivity index (χ0n) is 18.5. The van der Waals surface area contributed by atoms with Crippen molar-refractivity contribution >= 4 is 17.4 Å². The Morgan fingerprint density at radius 2 is 1.88 bits per heavy atom. The van der Waals surface area contributed by atoms with Gasteiger partial charge in [0.25, 0.3) is 5.56 Å². The lowest BCUT2D eigenvalue weighted by atomic mass is 9.83. The Kier molecular flexibility index (Phi) is 5.86. The van der Waals surface area contributed by atoms with Crippen molar-refractivity contribution in [2.45, 2.75) is 25.4 Å². The van der Waals surface area contributed by atoms with Crippen molar-refractivity contribution < 1.29 is 9.18 Å². The molecule has 0 saturated carbocycles. The van der Waals surface area contributed by atoms with Gasteiger partial charge in [-0.05, 0) is 60.4 Å². The van der Waals surface area contributed by atoms with Crippen LogP contribution in [-0.4, -0.2) is 28.6 Å². The molecule has 2 N–H and O–H groups in total. The summed E-state index contributed by atoms with van der Waals surface area (Å²) in [5.74, 6) is 0.334. The quantitative estimate of drug-likeness (QED) is 0.617. The number of hydrogen-bond donors (Lipinski definition) is 2. The van der Waals surface area contributed by atoms with Crippen molar-refractivity contribution in [1.29, 1.82) is 5.26 Å². The van der Waals surface area contributed by atoms with Gasteiger partial charge in [-0.25, -0.2) is 9.18 Å². The van der Waals surface area contributed by atoms with Crippen LogP contribution in [0.1, 0.15) is 29.2 Å². The summed E-state index contributed by atoms with van der Waals surface area (Å²) in [5, 5.41) is 14.3. The number of halogens is 1. The topological polar surface area (TPSA) is 90.2 Å². The predicted molar refractivity (Wildman–Crippen MR) is 127 cm³/mol. The van der Waals surface area contributed by atoms with Crippen molar-refractivity contribution in [3.8, 4) is 6.07 Å². The standard InChI is InChI=1S/C26H24FN5O2/c27-21-6-4-17(5-7-21)13-31-14-19-10-20(16-31)24-9-8-23(25(33)32(24)15-19)30-26(34)29-22-3-1-2-18(11-22)12-28/h1-9,11,19-20H,10,13-16H2,(H2,29,30,34)/t19-,20+/m0/s1. The molecule has 34 heavy (non-hydrogen) atoms. The normalized spacial score (nSPS) is 19.1. The van der Waals surface area contributed by atoms with Gasteiger partial charge in [-0.1, -0.05) is 18.2 Å². The number of nitrogens with one attached hydrogen (secondary N) is 2. The van der Waals surface area contributed by atoms with Crippen molar-refractivity contribution in [3.05, 3.63) is 93.7 Å². The van der Waals surface area contributed by atoms with Crippen molar-refractivity contribution in [2.75, 3.05) is 23.7 Å². The summed E-state index contributed by atoms with van der Waals surface area (Å²) < 4.78 is 15.0. The monoisotopic (exact) mass is 457 g/mol. The van der Waals surface area contributed by atoms with Crippen LogP contribution in [0.3, 0.4) is 0 Å². The molecule has 1 saturated heterocycles. The number of pyridine rings is 1. The second kappa shape index (κ2) is 9.12. The highest BCUT2D eigenvalue weighted by Crippen LogP contribution is 2.36. The molecule has 5 rings (SSSR count). The van der Waals surface area contributed by atoms with Crippen molar-refractivity contribution in [3.63, 3.8) is 0 Å². The molecule has 2 atom stereocenters. The van der Waals surface area contributed by atoms with E-state index >= 15 is 0 Å². The number of carbonyl (C=O) groups is 1. The van der Waals surface area contributed by atoms with E-state index in [0.29, 0.717) is 23.7 Å². The minimum Gasteiger partial charge on any atom is -0.310 e. The molecule has 0 aliphatic carbocycles. The molecule has 2 aliphatic heterocycles. The number of likely N-dealkylation sites (tertiary alicyclic amines) is 1. The average molecular weight is 458 g/mol. The minimum atomic E-state index is -0.533. The Morgan fingerprint density at radius 3 is 2.68 bits per heavy atom. The molecular weight excluding hydrogens is 433 g/mol. The van der Waals surface area contributed by atoms with Gasteiger partial charge >= 0.3 is 6.03 Å². The van der Waals surface area contributed by atoms with Crippen LogP contribution in [0, 0.1) is 23.1 Å². The van der Waals surface area contributed by atoms with E-state index in [1.807, 2.05) is 24.3 Å². The number of piperidine rings is 1. The van der Waals surface area contributed by atoms with Crippen LogP contribution in [-0.2, 0) is 13.1 Å². The summed E-state index contributed by atoms with van der Waals surface area (Å²) >= 11 is 0. The first-order chi connectivity index (χ1) is 16.5. The van der Waals surface area contributed by atoms with Gasteiger partial charge in [-0.2, -0.15) is 5.26 Å². The molecule has 1 fully saturated rings. The van der Waals surface area contributed by atoms with Crippen LogP contribution in [0.25, 0.3) is 0 Å². The lowest BCUT2D eigenvalue weighted by molar-refractivity contribution is 0.114. The lowest BCUT2D eigenvalue weighted by Gasteiger charge is -2.43. The van der Waals surface area contributed by atoms with Crippen LogP contribution in [0.5, 0.6) is 0 Å². The molecule has 1 aromatic heterocycles. The molecule has 8 heteroatoms. The van der Waals surface area contributed by atoms with Gasteiger partial charge in [0.05, 0.1) is 11.6 Å². The summed E-state index contributed by atoms with van der Waals surface area (Å²) in [6.07, 6.45) is 1.03. The van der Waals surface area contributed by atoms with E-state index in [4.69, 9.17) is 5.26 Å². The first-order valence-corrected chi connectivity index (χ1v) is 11.3. The molecule has 2 aliphatic rings. The molecule has 0 radical (unpaired) electrons. The number of anilines is 2. The fraction of sp³-hybridized carbons (Fsp3) is 0.269. The summed E-state index contributed by atoms with van der Waals surface area (Å²) in [4.78, 5) is 28.0. The van der Waals surface area contributed by atoms with Gasteiger partial charge < -0.3 is 15.2 Å². The number of hydrogen-bond acceptors (Lipinski definition) is 4. The van der Waals surface area contributed by atoms with Gasteiger partial charge in [0.15, 0.2) is 0 Å². The Hall–Kier alpha value is -3.96. The largest absolute Gasteiger partial charge is 0.323 e. The van der Waals surface area contributed by atoms with Gasteiger partial charge in [0.1, 0.15) is 11.5 Å². The lowest BCUT2D eigenvalue weighted by Crippen LogP contribution is -2.47. The Bertz CT molecular complexity index is 1330. The maximum Gasteiger partial charge on any atom is 0.323 e. The highest BCUT2D eigenvalue weighted by molar-refractivity contribution is 5.99. The SMILES string of the molecule is N#Cc1cccc(NC(=O)Nc2ccc3n(c2=O)C[C@H]2C[C@@H]3CN(Cc3ccc(F)cc3)C2)c1. The smallest absolute Gasteiger partial charge is 0.310 e. The number of carbonyl (C=O) groups excluding carboxylic acids is 1. The number of nitrogens with zero attached hydrogens (tertiary/aromatic N) is 3. The van der Waals surface area contributed by atoms with Crippen LogP contribution in [0.2, 0.25) is 0 Å². The molecule has 0 spiro atoms.